The highest BCUT2D eigenvalue weighted by Crippen LogP contribution is 2.28. The van der Waals surface area contributed by atoms with Crippen LogP contribution in [0.25, 0.3) is 0 Å². The van der Waals surface area contributed by atoms with Crippen molar-refractivity contribution in [1.82, 2.24) is 10.0 Å². The quantitative estimate of drug-likeness (QED) is 0.684. The van der Waals surface area contributed by atoms with Crippen LogP contribution in [0.3, 0.4) is 0 Å². The molecule has 1 aliphatic rings. The molecule has 0 atom stereocenters. The van der Waals surface area contributed by atoms with Crippen LogP contribution in [0.4, 0.5) is 0 Å². The van der Waals surface area contributed by atoms with Gasteiger partial charge in [-0.15, -0.1) is 11.3 Å². The van der Waals surface area contributed by atoms with Crippen molar-refractivity contribution in [3.63, 3.8) is 0 Å². The Bertz CT molecular complexity index is 560. The average molecular weight is 331 g/mol. The van der Waals surface area contributed by atoms with Gasteiger partial charge in [-0.25, -0.2) is 13.1 Å². The molecule has 6 heteroatoms. The summed E-state index contributed by atoms with van der Waals surface area (Å²) in [6.45, 7) is 7.36. The molecule has 1 heterocycles. The van der Waals surface area contributed by atoms with Crippen LogP contribution < -0.4 is 10.0 Å². The Kier molecular flexibility index (Phi) is 5.82. The fourth-order valence-electron chi connectivity index (χ4n) is 2.28. The number of hydrogen-bond donors (Lipinski definition) is 2. The summed E-state index contributed by atoms with van der Waals surface area (Å²) in [5.74, 6) is 0.607. The van der Waals surface area contributed by atoms with E-state index in [0.29, 0.717) is 29.9 Å². The predicted octanol–water partition coefficient (Wildman–Crippen LogP) is 3.02. The van der Waals surface area contributed by atoms with Crippen molar-refractivity contribution in [2.24, 2.45) is 5.92 Å². The van der Waals surface area contributed by atoms with Gasteiger partial charge in [-0.1, -0.05) is 13.8 Å². The lowest BCUT2D eigenvalue weighted by atomic mass is 10.1. The lowest BCUT2D eigenvalue weighted by molar-refractivity contribution is 0.539. The van der Waals surface area contributed by atoms with Crippen LogP contribution in [-0.4, -0.2) is 21.0 Å². The molecule has 1 aromatic heterocycles. The van der Waals surface area contributed by atoms with Gasteiger partial charge < -0.3 is 5.32 Å². The summed E-state index contributed by atoms with van der Waals surface area (Å²) < 4.78 is 27.8. The van der Waals surface area contributed by atoms with Crippen molar-refractivity contribution >= 4 is 21.4 Å². The molecule has 1 fully saturated rings. The van der Waals surface area contributed by atoms with Crippen LogP contribution in [0.5, 0.6) is 0 Å². The number of nitrogens with one attached hydrogen (secondary N) is 2. The Hall–Kier alpha value is -0.430. The van der Waals surface area contributed by atoms with E-state index in [-0.39, 0.29) is 0 Å². The maximum Gasteiger partial charge on any atom is 0.241 e. The molecular weight excluding hydrogens is 304 g/mol. The van der Waals surface area contributed by atoms with Gasteiger partial charge >= 0.3 is 0 Å². The van der Waals surface area contributed by atoms with E-state index < -0.39 is 10.0 Å². The van der Waals surface area contributed by atoms with E-state index >= 15 is 0 Å². The van der Waals surface area contributed by atoms with Crippen molar-refractivity contribution in [2.75, 3.05) is 6.54 Å². The van der Waals surface area contributed by atoms with Gasteiger partial charge in [0, 0.05) is 24.0 Å². The van der Waals surface area contributed by atoms with Crippen molar-refractivity contribution in [3.8, 4) is 0 Å². The normalized spacial score (nSPS) is 15.8. The molecule has 0 saturated heterocycles. The number of rotatable bonds is 9. The van der Waals surface area contributed by atoms with E-state index in [1.54, 1.807) is 0 Å². The second kappa shape index (κ2) is 7.22. The van der Waals surface area contributed by atoms with Crippen LogP contribution >= 0.6 is 11.3 Å². The van der Waals surface area contributed by atoms with Gasteiger partial charge in [0.15, 0.2) is 0 Å². The SMILES string of the molecule is Cc1csc(CNC2CC2)c1S(=O)(=O)NCCCC(C)C. The van der Waals surface area contributed by atoms with Crippen molar-refractivity contribution < 1.29 is 8.42 Å². The Morgan fingerprint density at radius 1 is 1.38 bits per heavy atom. The molecule has 21 heavy (non-hydrogen) atoms. The van der Waals surface area contributed by atoms with Crippen molar-refractivity contribution in [2.45, 2.75) is 63.9 Å². The maximum atomic E-state index is 12.5. The largest absolute Gasteiger partial charge is 0.309 e. The zero-order chi connectivity index (χ0) is 15.5. The standard InChI is InChI=1S/C15H26N2O2S2/c1-11(2)5-4-8-17-21(18,19)15-12(3)10-20-14(15)9-16-13-6-7-13/h10-11,13,16-17H,4-9H2,1-3H3. The van der Waals surface area contributed by atoms with Crippen LogP contribution in [0.15, 0.2) is 10.3 Å². The second-order valence-corrected chi connectivity index (χ2v) is 8.93. The molecule has 0 radical (unpaired) electrons. The minimum atomic E-state index is -3.38. The minimum Gasteiger partial charge on any atom is -0.309 e. The molecular formula is C15H26N2O2S2. The van der Waals surface area contributed by atoms with Gasteiger partial charge in [0.05, 0.1) is 0 Å². The van der Waals surface area contributed by atoms with Crippen molar-refractivity contribution in [3.05, 3.63) is 15.8 Å². The Balaban J connectivity index is 1.98. The first-order chi connectivity index (χ1) is 9.90. The molecule has 4 nitrogen and oxygen atoms in total. The predicted molar refractivity (Wildman–Crippen MR) is 88.2 cm³/mol. The van der Waals surface area contributed by atoms with Gasteiger partial charge in [0.25, 0.3) is 0 Å². The third-order valence-corrected chi connectivity index (χ3v) is 6.56. The lowest BCUT2D eigenvalue weighted by Gasteiger charge is -2.10. The fraction of sp³-hybridized carbons (Fsp3) is 0.733. The summed E-state index contributed by atoms with van der Waals surface area (Å²) in [4.78, 5) is 1.42. The van der Waals surface area contributed by atoms with E-state index in [1.807, 2.05) is 12.3 Å². The van der Waals surface area contributed by atoms with Crippen molar-refractivity contribution in [1.29, 1.82) is 0 Å². The fourth-order valence-corrected chi connectivity index (χ4v) is 5.12. The molecule has 120 valence electrons. The highest BCUT2D eigenvalue weighted by atomic mass is 32.2. The molecule has 0 aliphatic heterocycles. The van der Waals surface area contributed by atoms with Crippen LogP contribution in [0, 0.1) is 12.8 Å². The van der Waals surface area contributed by atoms with E-state index in [0.717, 1.165) is 23.3 Å². The molecule has 0 aromatic carbocycles. The van der Waals surface area contributed by atoms with E-state index in [4.69, 9.17) is 0 Å². The number of thiophene rings is 1. The van der Waals surface area contributed by atoms with Crippen LogP contribution in [0.2, 0.25) is 0 Å². The average Bonchev–Trinajstić information content (AvgIpc) is 3.15. The number of aryl methyl sites for hydroxylation is 1. The third-order valence-electron chi connectivity index (χ3n) is 3.64. The van der Waals surface area contributed by atoms with Gasteiger partial charge in [-0.2, -0.15) is 0 Å². The first-order valence-corrected chi connectivity index (χ1v) is 10.1. The third kappa shape index (κ3) is 5.06. The lowest BCUT2D eigenvalue weighted by Crippen LogP contribution is -2.27. The summed E-state index contributed by atoms with van der Waals surface area (Å²) in [6, 6.07) is 0.585. The van der Waals surface area contributed by atoms with E-state index in [9.17, 15) is 8.42 Å². The van der Waals surface area contributed by atoms with Gasteiger partial charge in [-0.3, -0.25) is 0 Å². The maximum absolute atomic E-state index is 12.5. The van der Waals surface area contributed by atoms with E-state index in [2.05, 4.69) is 23.9 Å². The van der Waals surface area contributed by atoms with E-state index in [1.165, 1.54) is 24.2 Å². The zero-order valence-electron chi connectivity index (χ0n) is 13.1. The van der Waals surface area contributed by atoms with Crippen LogP contribution in [-0.2, 0) is 16.6 Å². The molecule has 1 aliphatic carbocycles. The second-order valence-electron chi connectivity index (χ2n) is 6.26. The molecule has 2 rings (SSSR count). The van der Waals surface area contributed by atoms with Gasteiger partial charge in [0.1, 0.15) is 4.90 Å². The minimum absolute atomic E-state index is 0.491. The number of hydrogen-bond acceptors (Lipinski definition) is 4. The molecule has 1 saturated carbocycles. The molecule has 0 spiro atoms. The smallest absolute Gasteiger partial charge is 0.241 e. The first kappa shape index (κ1) is 16.9. The molecule has 0 bridgehead atoms. The highest BCUT2D eigenvalue weighted by Gasteiger charge is 2.25. The Morgan fingerprint density at radius 2 is 2.10 bits per heavy atom. The molecule has 2 N–H and O–H groups in total. The van der Waals surface area contributed by atoms with Gasteiger partial charge in [0.2, 0.25) is 10.0 Å². The summed E-state index contributed by atoms with van der Waals surface area (Å²) in [5, 5.41) is 5.34. The topological polar surface area (TPSA) is 58.2 Å². The van der Waals surface area contributed by atoms with Crippen LogP contribution in [0.1, 0.15) is 50.0 Å². The summed E-state index contributed by atoms with van der Waals surface area (Å²) in [6.07, 6.45) is 4.34. The summed E-state index contributed by atoms with van der Waals surface area (Å²) >= 11 is 1.54. The Morgan fingerprint density at radius 3 is 2.71 bits per heavy atom. The summed E-state index contributed by atoms with van der Waals surface area (Å²) in [7, 11) is -3.38. The molecule has 1 aromatic rings. The number of sulfonamides is 1. The monoisotopic (exact) mass is 330 g/mol. The molecule has 0 unspecified atom stereocenters. The zero-order valence-corrected chi connectivity index (χ0v) is 14.7. The molecule has 0 amide bonds. The summed E-state index contributed by atoms with van der Waals surface area (Å²) in [5.41, 5.74) is 0.851. The highest BCUT2D eigenvalue weighted by molar-refractivity contribution is 7.89. The first-order valence-electron chi connectivity index (χ1n) is 7.70. The van der Waals surface area contributed by atoms with Gasteiger partial charge in [-0.05, 0) is 49.5 Å². The Labute approximate surface area is 132 Å².